The van der Waals surface area contributed by atoms with E-state index in [2.05, 4.69) is 9.88 Å². The standard InChI is InChI=1S/C21H28N4O4S/c1-29-18-7-5-6-17(14-18)23-10-12-24(13-11-23)21(26)20-15-19(16-22-20)30(27,28)25-8-3-2-4-9-25/h5-7,14-16,22H,2-4,8-13H2,1H3. The molecule has 1 aromatic carbocycles. The minimum atomic E-state index is -3.55. The number of aromatic amines is 1. The molecule has 0 unspecified atom stereocenters. The molecule has 30 heavy (non-hydrogen) atoms. The molecule has 1 N–H and O–H groups in total. The second-order valence-corrected chi connectivity index (χ2v) is 9.63. The number of H-pyrrole nitrogens is 1. The van der Waals surface area contributed by atoms with Gasteiger partial charge in [0.2, 0.25) is 10.0 Å². The SMILES string of the molecule is COc1cccc(N2CCN(C(=O)c3cc(S(=O)(=O)N4CCCCC4)c[nH]3)CC2)c1. The summed E-state index contributed by atoms with van der Waals surface area (Å²) in [5.74, 6) is 0.639. The average molecular weight is 433 g/mol. The minimum absolute atomic E-state index is 0.166. The van der Waals surface area contributed by atoms with E-state index < -0.39 is 10.0 Å². The van der Waals surface area contributed by atoms with Gasteiger partial charge in [-0.2, -0.15) is 4.31 Å². The lowest BCUT2D eigenvalue weighted by molar-refractivity contribution is 0.0741. The van der Waals surface area contributed by atoms with E-state index in [4.69, 9.17) is 4.74 Å². The Labute approximate surface area is 177 Å². The molecule has 2 aliphatic heterocycles. The van der Waals surface area contributed by atoms with E-state index in [9.17, 15) is 13.2 Å². The van der Waals surface area contributed by atoms with Gasteiger partial charge in [0, 0.05) is 57.2 Å². The second kappa shape index (κ2) is 8.69. The molecule has 9 heteroatoms. The van der Waals surface area contributed by atoms with Crippen LogP contribution in [0.15, 0.2) is 41.4 Å². The lowest BCUT2D eigenvalue weighted by atomic mass is 10.2. The number of anilines is 1. The summed E-state index contributed by atoms with van der Waals surface area (Å²) in [7, 11) is -1.90. The summed E-state index contributed by atoms with van der Waals surface area (Å²) < 4.78 is 32.4. The Balaban J connectivity index is 1.40. The maximum Gasteiger partial charge on any atom is 0.270 e. The number of carbonyl (C=O) groups is 1. The zero-order chi connectivity index (χ0) is 21.1. The van der Waals surface area contributed by atoms with Gasteiger partial charge in [0.25, 0.3) is 5.91 Å². The summed E-state index contributed by atoms with van der Waals surface area (Å²) in [5.41, 5.74) is 1.39. The topological polar surface area (TPSA) is 85.9 Å². The predicted molar refractivity (Wildman–Crippen MR) is 115 cm³/mol. The van der Waals surface area contributed by atoms with Gasteiger partial charge in [0.1, 0.15) is 16.3 Å². The highest BCUT2D eigenvalue weighted by Crippen LogP contribution is 2.24. The van der Waals surface area contributed by atoms with E-state index in [-0.39, 0.29) is 10.8 Å². The van der Waals surface area contributed by atoms with E-state index in [0.717, 1.165) is 30.7 Å². The number of sulfonamides is 1. The van der Waals surface area contributed by atoms with Crippen LogP contribution in [0.5, 0.6) is 5.75 Å². The molecule has 1 amide bonds. The van der Waals surface area contributed by atoms with E-state index in [1.54, 1.807) is 12.0 Å². The first kappa shape index (κ1) is 20.7. The Morgan fingerprint density at radius 1 is 1.00 bits per heavy atom. The first-order valence-electron chi connectivity index (χ1n) is 10.4. The molecule has 4 rings (SSSR count). The van der Waals surface area contributed by atoms with E-state index >= 15 is 0 Å². The van der Waals surface area contributed by atoms with Crippen molar-refractivity contribution < 1.29 is 17.9 Å². The summed E-state index contributed by atoms with van der Waals surface area (Å²) in [6.07, 6.45) is 4.26. The maximum atomic E-state index is 12.9. The first-order valence-corrected chi connectivity index (χ1v) is 11.8. The predicted octanol–water partition coefficient (Wildman–Crippen LogP) is 2.16. The fourth-order valence-corrected chi connectivity index (χ4v) is 5.56. The van der Waals surface area contributed by atoms with Crippen LogP contribution in [0, 0.1) is 0 Å². The lowest BCUT2D eigenvalue weighted by Crippen LogP contribution is -2.48. The number of hydrogen-bond acceptors (Lipinski definition) is 5. The number of ether oxygens (including phenoxy) is 1. The molecule has 0 aliphatic carbocycles. The summed E-state index contributed by atoms with van der Waals surface area (Å²) in [5, 5.41) is 0. The van der Waals surface area contributed by atoms with Gasteiger partial charge in [-0.3, -0.25) is 4.79 Å². The fraction of sp³-hybridized carbons (Fsp3) is 0.476. The number of piperazine rings is 1. The van der Waals surface area contributed by atoms with Crippen molar-refractivity contribution in [3.63, 3.8) is 0 Å². The maximum absolute atomic E-state index is 12.9. The number of methoxy groups -OCH3 is 1. The molecule has 2 aliphatic rings. The largest absolute Gasteiger partial charge is 0.497 e. The number of piperidine rings is 1. The summed E-state index contributed by atoms with van der Waals surface area (Å²) in [6, 6.07) is 9.35. The van der Waals surface area contributed by atoms with E-state index in [1.807, 2.05) is 24.3 Å². The zero-order valence-electron chi connectivity index (χ0n) is 17.2. The molecular weight excluding hydrogens is 404 g/mol. The molecule has 2 fully saturated rings. The molecule has 3 heterocycles. The van der Waals surface area contributed by atoms with E-state index in [1.165, 1.54) is 16.6 Å². The quantitative estimate of drug-likeness (QED) is 0.783. The van der Waals surface area contributed by atoms with Crippen LogP contribution in [0.2, 0.25) is 0 Å². The number of benzene rings is 1. The van der Waals surface area contributed by atoms with Crippen LogP contribution in [-0.4, -0.2) is 74.9 Å². The molecule has 0 saturated carbocycles. The van der Waals surface area contributed by atoms with Gasteiger partial charge in [-0.15, -0.1) is 0 Å². The van der Waals surface area contributed by atoms with Crippen molar-refractivity contribution in [2.24, 2.45) is 0 Å². The highest BCUT2D eigenvalue weighted by Gasteiger charge is 2.29. The Hall–Kier alpha value is -2.52. The Morgan fingerprint density at radius 3 is 2.43 bits per heavy atom. The summed E-state index contributed by atoms with van der Waals surface area (Å²) in [6.45, 7) is 3.65. The number of carbonyl (C=O) groups excluding carboxylic acids is 1. The van der Waals surface area contributed by atoms with E-state index in [0.29, 0.717) is 45.0 Å². The van der Waals surface area contributed by atoms with Crippen LogP contribution < -0.4 is 9.64 Å². The van der Waals surface area contributed by atoms with Crippen molar-refractivity contribution in [2.75, 3.05) is 51.3 Å². The first-order chi connectivity index (χ1) is 14.5. The number of nitrogens with one attached hydrogen (secondary N) is 1. The molecule has 0 radical (unpaired) electrons. The normalized spacial score (nSPS) is 18.4. The molecule has 1 aromatic heterocycles. The molecule has 2 saturated heterocycles. The Bertz CT molecular complexity index is 990. The van der Waals surface area contributed by atoms with Gasteiger partial charge in [-0.05, 0) is 31.0 Å². The second-order valence-electron chi connectivity index (χ2n) is 7.69. The summed E-state index contributed by atoms with van der Waals surface area (Å²) in [4.78, 5) is 19.9. The number of amides is 1. The smallest absolute Gasteiger partial charge is 0.270 e. The number of aromatic nitrogens is 1. The van der Waals surface area contributed by atoms with Crippen LogP contribution >= 0.6 is 0 Å². The molecule has 0 atom stereocenters. The highest BCUT2D eigenvalue weighted by atomic mass is 32.2. The molecule has 2 aromatic rings. The van der Waals surface area contributed by atoms with Crippen molar-refractivity contribution in [1.82, 2.24) is 14.2 Å². The van der Waals surface area contributed by atoms with Gasteiger partial charge in [0.15, 0.2) is 0 Å². The van der Waals surface area contributed by atoms with Crippen molar-refractivity contribution in [3.8, 4) is 5.75 Å². The molecule has 8 nitrogen and oxygen atoms in total. The monoisotopic (exact) mass is 432 g/mol. The van der Waals surface area contributed by atoms with Gasteiger partial charge in [0.05, 0.1) is 7.11 Å². The lowest BCUT2D eigenvalue weighted by Gasteiger charge is -2.36. The van der Waals surface area contributed by atoms with Crippen LogP contribution in [0.25, 0.3) is 0 Å². The highest BCUT2D eigenvalue weighted by molar-refractivity contribution is 7.89. The third kappa shape index (κ3) is 4.17. The van der Waals surface area contributed by atoms with Crippen molar-refractivity contribution in [2.45, 2.75) is 24.2 Å². The van der Waals surface area contributed by atoms with Gasteiger partial charge in [-0.25, -0.2) is 8.42 Å². The molecular formula is C21H28N4O4S. The van der Waals surface area contributed by atoms with Crippen LogP contribution in [0.1, 0.15) is 29.8 Å². The third-order valence-electron chi connectivity index (χ3n) is 5.83. The number of rotatable bonds is 5. The minimum Gasteiger partial charge on any atom is -0.497 e. The average Bonchev–Trinajstić information content (AvgIpc) is 3.30. The van der Waals surface area contributed by atoms with Crippen LogP contribution in [0.4, 0.5) is 5.69 Å². The third-order valence-corrected chi connectivity index (χ3v) is 7.70. The molecule has 0 spiro atoms. The molecule has 162 valence electrons. The van der Waals surface area contributed by atoms with Crippen molar-refractivity contribution in [3.05, 3.63) is 42.2 Å². The van der Waals surface area contributed by atoms with Crippen molar-refractivity contribution in [1.29, 1.82) is 0 Å². The van der Waals surface area contributed by atoms with Gasteiger partial charge >= 0.3 is 0 Å². The molecule has 0 bridgehead atoms. The van der Waals surface area contributed by atoms with Crippen molar-refractivity contribution >= 4 is 21.6 Å². The van der Waals surface area contributed by atoms with Crippen LogP contribution in [-0.2, 0) is 10.0 Å². The Kier molecular flexibility index (Phi) is 6.01. The number of nitrogens with zero attached hydrogens (tertiary/aromatic N) is 3. The fourth-order valence-electron chi connectivity index (χ4n) is 4.05. The van der Waals surface area contributed by atoms with Gasteiger partial charge in [-0.1, -0.05) is 12.5 Å². The Morgan fingerprint density at radius 2 is 1.73 bits per heavy atom. The van der Waals surface area contributed by atoms with Gasteiger partial charge < -0.3 is 19.5 Å². The zero-order valence-corrected chi connectivity index (χ0v) is 18.0. The van der Waals surface area contributed by atoms with Crippen LogP contribution in [0.3, 0.4) is 0 Å². The number of hydrogen-bond donors (Lipinski definition) is 1. The summed E-state index contributed by atoms with van der Waals surface area (Å²) >= 11 is 0.